The number of carbonyl (C=O) groups excluding carboxylic acids is 3. The van der Waals surface area contributed by atoms with Crippen molar-refractivity contribution in [3.05, 3.63) is 41.1 Å². The second-order valence-corrected chi connectivity index (χ2v) is 6.16. The number of allylic oxidation sites excluding steroid dienone is 1. The van der Waals surface area contributed by atoms with Gasteiger partial charge in [-0.25, -0.2) is 9.59 Å². The second-order valence-electron chi connectivity index (χ2n) is 6.16. The number of ether oxygens (including phenoxy) is 3. The van der Waals surface area contributed by atoms with Crippen LogP contribution in [0.2, 0.25) is 0 Å². The number of nitrogens with zero attached hydrogens (tertiary/aromatic N) is 1. The third-order valence-corrected chi connectivity index (χ3v) is 4.50. The van der Waals surface area contributed by atoms with Crippen LogP contribution in [0.3, 0.4) is 0 Å². The van der Waals surface area contributed by atoms with Gasteiger partial charge in [0.25, 0.3) is 0 Å². The minimum absolute atomic E-state index is 0.209. The number of nitrogens with one attached hydrogen (secondary N) is 1. The van der Waals surface area contributed by atoms with Gasteiger partial charge in [-0.1, -0.05) is 18.2 Å². The Kier molecular flexibility index (Phi) is 6.92. The zero-order valence-corrected chi connectivity index (χ0v) is 16.6. The van der Waals surface area contributed by atoms with Crippen LogP contribution in [0.4, 0.5) is 10.5 Å². The molecule has 1 heterocycles. The summed E-state index contributed by atoms with van der Waals surface area (Å²) >= 11 is 0. The van der Waals surface area contributed by atoms with Crippen molar-refractivity contribution in [1.29, 1.82) is 0 Å². The third-order valence-electron chi connectivity index (χ3n) is 4.50. The molecule has 0 radical (unpaired) electrons. The number of esters is 2. The first-order valence-corrected chi connectivity index (χ1v) is 8.80. The van der Waals surface area contributed by atoms with Gasteiger partial charge in [0.05, 0.1) is 26.4 Å². The van der Waals surface area contributed by atoms with Crippen molar-refractivity contribution in [3.8, 4) is 0 Å². The summed E-state index contributed by atoms with van der Waals surface area (Å²) in [5.74, 6) is -2.71. The predicted molar refractivity (Wildman–Crippen MR) is 103 cm³/mol. The van der Waals surface area contributed by atoms with Gasteiger partial charge in [-0.05, 0) is 32.4 Å². The Morgan fingerprint density at radius 1 is 1.11 bits per heavy atom. The molecule has 0 spiro atoms. The largest absolute Gasteiger partial charge is 0.468 e. The van der Waals surface area contributed by atoms with E-state index in [9.17, 15) is 14.4 Å². The van der Waals surface area contributed by atoms with E-state index in [1.54, 1.807) is 45.0 Å². The van der Waals surface area contributed by atoms with E-state index in [1.165, 1.54) is 14.2 Å². The molecule has 0 fully saturated rings. The van der Waals surface area contributed by atoms with Gasteiger partial charge in [-0.3, -0.25) is 15.1 Å². The van der Waals surface area contributed by atoms with E-state index in [1.807, 2.05) is 0 Å². The Bertz CT molecular complexity index is 843. The van der Waals surface area contributed by atoms with Gasteiger partial charge >= 0.3 is 18.0 Å². The van der Waals surface area contributed by atoms with Crippen LogP contribution in [0.1, 0.15) is 32.3 Å². The van der Waals surface area contributed by atoms with E-state index in [0.29, 0.717) is 22.7 Å². The molecule has 8 nitrogen and oxygen atoms in total. The predicted octanol–water partition coefficient (Wildman–Crippen LogP) is 3.05. The molecule has 0 aromatic heterocycles. The van der Waals surface area contributed by atoms with E-state index in [4.69, 9.17) is 14.2 Å². The molecule has 8 heteroatoms. The quantitative estimate of drug-likeness (QED) is 0.614. The summed E-state index contributed by atoms with van der Waals surface area (Å²) in [6.45, 7) is 5.28. The third kappa shape index (κ3) is 4.21. The average molecular weight is 388 g/mol. The number of hydrogen-bond donors (Lipinski definition) is 1. The first-order chi connectivity index (χ1) is 13.3. The molecule has 1 aliphatic rings. The van der Waals surface area contributed by atoms with Crippen LogP contribution in [0.25, 0.3) is 0 Å². The number of para-hydroxylation sites is 1. The van der Waals surface area contributed by atoms with E-state index >= 15 is 0 Å². The Balaban J connectivity index is 2.66. The van der Waals surface area contributed by atoms with Crippen molar-refractivity contribution < 1.29 is 28.6 Å². The Morgan fingerprint density at radius 3 is 2.39 bits per heavy atom. The summed E-state index contributed by atoms with van der Waals surface area (Å²) in [4.78, 5) is 41.4. The maximum Gasteiger partial charge on any atom is 0.411 e. The molecular weight excluding hydrogens is 364 g/mol. The molecular formula is C20H24N2O6. The molecule has 2 unspecified atom stereocenters. The molecule has 1 N–H and O–H groups in total. The zero-order valence-electron chi connectivity index (χ0n) is 16.6. The number of hydrogen-bond acceptors (Lipinski definition) is 7. The number of aliphatic imine (C=N–C) groups is 1. The molecule has 0 bridgehead atoms. The van der Waals surface area contributed by atoms with Gasteiger partial charge in [0.2, 0.25) is 0 Å². The molecule has 2 atom stereocenters. The molecule has 2 rings (SSSR count). The van der Waals surface area contributed by atoms with Crippen LogP contribution in [-0.2, 0) is 23.8 Å². The second kappa shape index (κ2) is 9.16. The van der Waals surface area contributed by atoms with Crippen molar-refractivity contribution in [3.63, 3.8) is 0 Å². The maximum atomic E-state index is 12.6. The normalized spacial score (nSPS) is 18.8. The lowest BCUT2D eigenvalue weighted by Gasteiger charge is -2.32. The first kappa shape index (κ1) is 21.1. The fourth-order valence-corrected chi connectivity index (χ4v) is 3.34. The summed E-state index contributed by atoms with van der Waals surface area (Å²) < 4.78 is 14.9. The van der Waals surface area contributed by atoms with Crippen molar-refractivity contribution in [2.24, 2.45) is 10.9 Å². The number of amides is 1. The van der Waals surface area contributed by atoms with Gasteiger partial charge in [0.15, 0.2) is 0 Å². The van der Waals surface area contributed by atoms with Crippen molar-refractivity contribution in [2.75, 3.05) is 26.1 Å². The zero-order chi connectivity index (χ0) is 20.8. The van der Waals surface area contributed by atoms with Gasteiger partial charge < -0.3 is 14.2 Å². The molecule has 0 aliphatic carbocycles. The minimum atomic E-state index is -0.840. The highest BCUT2D eigenvalue weighted by Gasteiger charge is 2.43. The van der Waals surface area contributed by atoms with Crippen LogP contribution < -0.4 is 5.32 Å². The van der Waals surface area contributed by atoms with E-state index in [-0.39, 0.29) is 12.2 Å². The molecule has 0 saturated heterocycles. The van der Waals surface area contributed by atoms with Crippen LogP contribution in [0.5, 0.6) is 0 Å². The first-order valence-electron chi connectivity index (χ1n) is 8.80. The molecule has 150 valence electrons. The molecule has 0 saturated carbocycles. The van der Waals surface area contributed by atoms with Gasteiger partial charge in [-0.15, -0.1) is 0 Å². The Labute approximate surface area is 163 Å². The van der Waals surface area contributed by atoms with Crippen molar-refractivity contribution in [2.45, 2.75) is 26.7 Å². The molecule has 1 aliphatic heterocycles. The van der Waals surface area contributed by atoms with E-state index in [0.717, 1.165) is 0 Å². The lowest BCUT2D eigenvalue weighted by Crippen LogP contribution is -2.36. The highest BCUT2D eigenvalue weighted by Crippen LogP contribution is 2.42. The molecule has 1 amide bonds. The highest BCUT2D eigenvalue weighted by molar-refractivity contribution is 6.07. The summed E-state index contributed by atoms with van der Waals surface area (Å²) in [6.07, 6.45) is -0.633. The number of benzene rings is 1. The maximum absolute atomic E-state index is 12.6. The van der Waals surface area contributed by atoms with Crippen LogP contribution in [0.15, 0.2) is 40.5 Å². The van der Waals surface area contributed by atoms with Crippen LogP contribution in [-0.4, -0.2) is 44.6 Å². The minimum Gasteiger partial charge on any atom is -0.468 e. The van der Waals surface area contributed by atoms with Crippen LogP contribution in [0, 0.1) is 5.92 Å². The van der Waals surface area contributed by atoms with E-state index in [2.05, 4.69) is 10.3 Å². The smallest absolute Gasteiger partial charge is 0.411 e. The number of carbonyl (C=O) groups is 3. The van der Waals surface area contributed by atoms with Crippen molar-refractivity contribution >= 4 is 29.4 Å². The SMILES string of the molecule is CCOC(=O)Nc1ccccc1C1C(C(=O)OC)=C(C)N=C(C)C1C(=O)OC. The fraction of sp³-hybridized carbons (Fsp3) is 0.400. The Morgan fingerprint density at radius 2 is 1.79 bits per heavy atom. The highest BCUT2D eigenvalue weighted by atomic mass is 16.5. The molecule has 1 aromatic rings. The van der Waals surface area contributed by atoms with Crippen molar-refractivity contribution in [1.82, 2.24) is 0 Å². The number of anilines is 1. The molecule has 1 aromatic carbocycles. The summed E-state index contributed by atoms with van der Waals surface area (Å²) in [5.41, 5.74) is 2.17. The summed E-state index contributed by atoms with van der Waals surface area (Å²) in [6, 6.07) is 6.89. The monoisotopic (exact) mass is 388 g/mol. The van der Waals surface area contributed by atoms with Crippen LogP contribution >= 0.6 is 0 Å². The molecule has 28 heavy (non-hydrogen) atoms. The average Bonchev–Trinajstić information content (AvgIpc) is 2.67. The summed E-state index contributed by atoms with van der Waals surface area (Å²) in [7, 11) is 2.54. The summed E-state index contributed by atoms with van der Waals surface area (Å²) in [5, 5.41) is 2.67. The van der Waals surface area contributed by atoms with E-state index < -0.39 is 29.9 Å². The standard InChI is InChI=1S/C20H24N2O6/c1-6-28-20(25)22-14-10-8-7-9-13(14)17-15(18(23)26-4)11(2)21-12(3)16(17)19(24)27-5/h7-10,15,17H,6H2,1-5H3,(H,22,25). The van der Waals surface area contributed by atoms with Gasteiger partial charge in [0.1, 0.15) is 5.92 Å². The Hall–Kier alpha value is -3.16. The lowest BCUT2D eigenvalue weighted by molar-refractivity contribution is -0.143. The fourth-order valence-electron chi connectivity index (χ4n) is 3.34. The number of methoxy groups -OCH3 is 2. The van der Waals surface area contributed by atoms with Gasteiger partial charge in [-0.2, -0.15) is 0 Å². The lowest BCUT2D eigenvalue weighted by atomic mass is 9.75. The van der Waals surface area contributed by atoms with Gasteiger partial charge in [0, 0.05) is 23.0 Å². The number of rotatable bonds is 5. The topological polar surface area (TPSA) is 103 Å².